The van der Waals surface area contributed by atoms with Crippen LogP contribution in [-0.4, -0.2) is 148 Å². The first-order chi connectivity index (χ1) is 33.7. The molecule has 18 nitrogen and oxygen atoms in total. The van der Waals surface area contributed by atoms with Crippen molar-refractivity contribution >= 4 is 64.3 Å². The molecule has 0 radical (unpaired) electrons. The van der Waals surface area contributed by atoms with Gasteiger partial charge in [0.05, 0.1) is 89.3 Å². The minimum Gasteiger partial charge on any atom is -0.385 e. The van der Waals surface area contributed by atoms with Crippen LogP contribution >= 0.6 is 11.8 Å². The van der Waals surface area contributed by atoms with Crippen LogP contribution in [0.5, 0.6) is 0 Å². The number of hydrogen-bond donors (Lipinski definition) is 4. The van der Waals surface area contributed by atoms with E-state index in [1.165, 1.54) is 10.5 Å². The maximum Gasteiger partial charge on any atom is 0.264 e. The molecule has 366 valence electrons. The van der Waals surface area contributed by atoms with Crippen molar-refractivity contribution in [3.8, 4) is 11.3 Å². The lowest BCUT2D eigenvalue weighted by Gasteiger charge is -2.27. The Morgan fingerprint density at radius 3 is 2.12 bits per heavy atom. The molecule has 3 aliphatic heterocycles. The average molecular weight is 965 g/mol. The number of amides is 5. The molecule has 7 rings (SSSR count). The molecule has 2 aromatic carbocycles. The predicted molar refractivity (Wildman–Crippen MR) is 261 cm³/mol. The Morgan fingerprint density at radius 1 is 0.797 bits per heavy atom. The minimum absolute atomic E-state index is 0.0580. The summed E-state index contributed by atoms with van der Waals surface area (Å²) in [6, 6.07) is 20.9. The topological polar surface area (TPSA) is 225 Å². The van der Waals surface area contributed by atoms with Gasteiger partial charge in [-0.15, -0.1) is 11.8 Å². The zero-order valence-corrected chi connectivity index (χ0v) is 39.7. The molecule has 0 bridgehead atoms. The van der Waals surface area contributed by atoms with Crippen molar-refractivity contribution in [3.63, 3.8) is 0 Å². The van der Waals surface area contributed by atoms with Crippen LogP contribution in [0.1, 0.15) is 44.1 Å². The number of nitrogens with one attached hydrogen (secondary N) is 3. The highest BCUT2D eigenvalue weighted by molar-refractivity contribution is 7.98. The SMILES string of the molecule is CSc1ccc(-c2cccc(N=C(N)Nc3ccc(C4=CCN(C(=O)CCOCCOCCOCCOCCOCCNC5=C6C(=O)N(C7CCC(=O)NC7=O)C(=O)C6=CCC5)CC4)cc3)n2)cc1. The van der Waals surface area contributed by atoms with E-state index >= 15 is 0 Å². The van der Waals surface area contributed by atoms with Gasteiger partial charge >= 0.3 is 0 Å². The number of carbonyl (C=O) groups excluding carboxylic acids is 5. The lowest BCUT2D eigenvalue weighted by Crippen LogP contribution is -2.54. The molecular weight excluding hydrogens is 905 g/mol. The third kappa shape index (κ3) is 14.4. The van der Waals surface area contributed by atoms with Gasteiger partial charge in [-0.3, -0.25) is 34.2 Å². The summed E-state index contributed by atoms with van der Waals surface area (Å²) >= 11 is 1.70. The molecule has 4 aliphatic rings. The number of ether oxygens (including phenoxy) is 5. The summed E-state index contributed by atoms with van der Waals surface area (Å²) in [7, 11) is 0. The smallest absolute Gasteiger partial charge is 0.264 e. The second-order valence-electron chi connectivity index (χ2n) is 16.3. The minimum atomic E-state index is -0.993. The number of hydrogen-bond acceptors (Lipinski definition) is 14. The van der Waals surface area contributed by atoms with E-state index in [2.05, 4.69) is 44.1 Å². The van der Waals surface area contributed by atoms with Gasteiger partial charge in [0.2, 0.25) is 17.7 Å². The van der Waals surface area contributed by atoms with E-state index in [9.17, 15) is 24.0 Å². The molecule has 69 heavy (non-hydrogen) atoms. The van der Waals surface area contributed by atoms with Crippen molar-refractivity contribution in [1.29, 1.82) is 0 Å². The first kappa shape index (κ1) is 50.7. The molecular formula is C50H60N8O10S. The molecule has 4 heterocycles. The van der Waals surface area contributed by atoms with E-state index < -0.39 is 29.7 Å². The van der Waals surface area contributed by atoms with Crippen molar-refractivity contribution in [2.75, 3.05) is 97.3 Å². The summed E-state index contributed by atoms with van der Waals surface area (Å²) < 4.78 is 28.0. The van der Waals surface area contributed by atoms with E-state index in [1.54, 1.807) is 17.8 Å². The maximum absolute atomic E-state index is 13.2. The van der Waals surface area contributed by atoms with E-state index in [0.717, 1.165) is 33.8 Å². The third-order valence-corrected chi connectivity index (χ3v) is 12.4. The lowest BCUT2D eigenvalue weighted by molar-refractivity contribution is -0.149. The number of nitrogens with two attached hydrogens (primary N) is 1. The Bertz CT molecular complexity index is 2420. The zero-order chi connectivity index (χ0) is 48.4. The lowest BCUT2D eigenvalue weighted by atomic mass is 9.96. The van der Waals surface area contributed by atoms with Crippen molar-refractivity contribution in [2.45, 2.75) is 49.5 Å². The highest BCUT2D eigenvalue weighted by atomic mass is 32.2. The van der Waals surface area contributed by atoms with Crippen LogP contribution in [-0.2, 0) is 47.7 Å². The van der Waals surface area contributed by atoms with Crippen LogP contribution < -0.4 is 21.7 Å². The number of pyridine rings is 1. The van der Waals surface area contributed by atoms with E-state index in [-0.39, 0.29) is 30.3 Å². The molecule has 1 aliphatic carbocycles. The van der Waals surface area contributed by atoms with Gasteiger partial charge in [0.25, 0.3) is 11.8 Å². The van der Waals surface area contributed by atoms with E-state index in [4.69, 9.17) is 29.4 Å². The summed E-state index contributed by atoms with van der Waals surface area (Å²) in [6.07, 6.45) is 8.28. The van der Waals surface area contributed by atoms with Crippen LogP contribution in [0, 0.1) is 0 Å². The van der Waals surface area contributed by atoms with Gasteiger partial charge in [-0.2, -0.15) is 4.99 Å². The van der Waals surface area contributed by atoms with E-state index in [1.807, 2.05) is 65.8 Å². The number of imide groups is 2. The normalized spacial score (nSPS) is 17.5. The molecule has 2 saturated heterocycles. The Balaban J connectivity index is 0.668. The van der Waals surface area contributed by atoms with Gasteiger partial charge in [0.1, 0.15) is 6.04 Å². The quantitative estimate of drug-likeness (QED) is 0.0305. The standard InChI is InChI=1S/C50H60N8O10S/c1-69-38-14-10-36(11-15-38)40-5-3-7-43(54-40)55-50(51)53-37-12-8-34(9-13-37)35-18-22-57(23-19-35)45(60)20-24-64-26-28-66-30-32-68-33-31-67-29-27-65-25-21-52-41-6-2-4-39-46(41)49(63)58(48(39)62)42-16-17-44(59)56-47(42)61/h3-5,7-15,18,42,52H,2,6,16-17,19-33H2,1H3,(H,56,59,61)(H3,51,53,54,55). The van der Waals surface area contributed by atoms with Gasteiger partial charge in [0, 0.05) is 47.9 Å². The Kier molecular flexibility index (Phi) is 19.0. The number of allylic oxidation sites excluding steroid dienone is 2. The Morgan fingerprint density at radius 2 is 1.46 bits per heavy atom. The molecule has 1 aromatic heterocycles. The van der Waals surface area contributed by atoms with Crippen molar-refractivity contribution < 1.29 is 47.7 Å². The number of nitrogens with zero attached hydrogens (tertiary/aromatic N) is 4. The number of aliphatic imine (C=N–C) groups is 1. The maximum atomic E-state index is 13.2. The molecule has 5 amide bonds. The Hall–Kier alpha value is -6.22. The van der Waals surface area contributed by atoms with Crippen LogP contribution in [0.15, 0.2) is 106 Å². The molecule has 5 N–H and O–H groups in total. The van der Waals surface area contributed by atoms with Gasteiger partial charge in [-0.1, -0.05) is 42.5 Å². The van der Waals surface area contributed by atoms with Crippen molar-refractivity contribution in [3.05, 3.63) is 101 Å². The van der Waals surface area contributed by atoms with Gasteiger partial charge < -0.3 is 45.0 Å². The monoisotopic (exact) mass is 964 g/mol. The number of carbonyl (C=O) groups is 5. The third-order valence-electron chi connectivity index (χ3n) is 11.7. The number of rotatable bonds is 25. The van der Waals surface area contributed by atoms with E-state index in [0.29, 0.717) is 122 Å². The van der Waals surface area contributed by atoms with Crippen LogP contribution in [0.3, 0.4) is 0 Å². The van der Waals surface area contributed by atoms with Gasteiger partial charge in [0.15, 0.2) is 11.8 Å². The fourth-order valence-electron chi connectivity index (χ4n) is 8.13. The number of guanidine groups is 1. The number of aromatic nitrogens is 1. The molecule has 0 spiro atoms. The molecule has 2 fully saturated rings. The van der Waals surface area contributed by atoms with Crippen molar-refractivity contribution in [1.82, 2.24) is 25.4 Å². The fraction of sp³-hybridized carbons (Fsp3) is 0.420. The summed E-state index contributed by atoms with van der Waals surface area (Å²) in [6.45, 7) is 5.47. The molecule has 1 unspecified atom stereocenters. The molecule has 3 aromatic rings. The largest absolute Gasteiger partial charge is 0.385 e. The second-order valence-corrected chi connectivity index (χ2v) is 17.2. The molecule has 1 atom stereocenters. The summed E-state index contributed by atoms with van der Waals surface area (Å²) in [5, 5.41) is 8.59. The number of likely N-dealkylation sites (tertiary alicyclic amines) is 1. The fourth-order valence-corrected chi connectivity index (χ4v) is 8.53. The number of thioether (sulfide) groups is 1. The van der Waals surface area contributed by atoms with Gasteiger partial charge in [-0.05, 0) is 79.5 Å². The zero-order valence-electron chi connectivity index (χ0n) is 38.9. The van der Waals surface area contributed by atoms with Gasteiger partial charge in [-0.25, -0.2) is 4.98 Å². The number of benzene rings is 2. The number of piperidine rings is 1. The molecule has 0 saturated carbocycles. The highest BCUT2D eigenvalue weighted by Crippen LogP contribution is 2.35. The van der Waals surface area contributed by atoms with Crippen LogP contribution in [0.4, 0.5) is 11.5 Å². The molecule has 19 heteroatoms. The first-order valence-corrected chi connectivity index (χ1v) is 24.5. The summed E-state index contributed by atoms with van der Waals surface area (Å²) in [4.78, 5) is 76.2. The summed E-state index contributed by atoms with van der Waals surface area (Å²) in [5.74, 6) is -1.24. The van der Waals surface area contributed by atoms with Crippen LogP contribution in [0.25, 0.3) is 16.8 Å². The van der Waals surface area contributed by atoms with Crippen molar-refractivity contribution in [2.24, 2.45) is 10.7 Å². The predicted octanol–water partition coefficient (Wildman–Crippen LogP) is 4.36. The second kappa shape index (κ2) is 26.0. The first-order valence-electron chi connectivity index (χ1n) is 23.3. The average Bonchev–Trinajstić information content (AvgIpc) is 3.62. The summed E-state index contributed by atoms with van der Waals surface area (Å²) in [5.41, 5.74) is 12.4. The number of anilines is 1. The Labute approximate surface area is 406 Å². The highest BCUT2D eigenvalue weighted by Gasteiger charge is 2.48. The number of fused-ring (bicyclic) bond motifs is 1. The van der Waals surface area contributed by atoms with Crippen LogP contribution in [0.2, 0.25) is 0 Å².